The zero-order chi connectivity index (χ0) is 13.1. The number of nitrogen functional groups attached to an aromatic ring is 1. The summed E-state index contributed by atoms with van der Waals surface area (Å²) in [4.78, 5) is 8.08. The predicted octanol–water partition coefficient (Wildman–Crippen LogP) is 2.65. The Morgan fingerprint density at radius 3 is 2.67 bits per heavy atom. The first-order valence-electron chi connectivity index (χ1n) is 5.61. The Labute approximate surface area is 105 Å². The number of ether oxygens (including phenoxy) is 1. The average molecular weight is 247 g/mol. The number of anilines is 1. The zero-order valence-electron chi connectivity index (χ0n) is 10.2. The molecular weight excluding hydrogens is 233 g/mol. The highest BCUT2D eigenvalue weighted by Gasteiger charge is 2.09. The highest BCUT2D eigenvalue weighted by Crippen LogP contribution is 2.24. The highest BCUT2D eigenvalue weighted by molar-refractivity contribution is 5.57. The Morgan fingerprint density at radius 2 is 2.06 bits per heavy atom. The molecule has 0 saturated carbocycles. The lowest BCUT2D eigenvalue weighted by atomic mass is 10.2. The quantitative estimate of drug-likeness (QED) is 0.905. The summed E-state index contributed by atoms with van der Waals surface area (Å²) in [6, 6.07) is 6.19. The van der Waals surface area contributed by atoms with E-state index in [9.17, 15) is 4.39 Å². The van der Waals surface area contributed by atoms with Gasteiger partial charge in [0, 0.05) is 11.8 Å². The van der Waals surface area contributed by atoms with Gasteiger partial charge in [-0.25, -0.2) is 14.4 Å². The summed E-state index contributed by atoms with van der Waals surface area (Å²) in [5.74, 6) is 0.526. The minimum atomic E-state index is -0.438. The van der Waals surface area contributed by atoms with Crippen LogP contribution in [0.4, 0.5) is 10.2 Å². The summed E-state index contributed by atoms with van der Waals surface area (Å²) in [6.07, 6.45) is 1.46. The van der Waals surface area contributed by atoms with Crippen molar-refractivity contribution in [2.45, 2.75) is 20.0 Å². The molecule has 2 aromatic rings. The second-order valence-corrected chi connectivity index (χ2v) is 4.12. The third-order valence-corrected chi connectivity index (χ3v) is 2.23. The molecule has 0 unspecified atom stereocenters. The van der Waals surface area contributed by atoms with Gasteiger partial charge < -0.3 is 10.5 Å². The van der Waals surface area contributed by atoms with E-state index in [-0.39, 0.29) is 11.9 Å². The summed E-state index contributed by atoms with van der Waals surface area (Å²) >= 11 is 0. The van der Waals surface area contributed by atoms with Crippen LogP contribution < -0.4 is 10.5 Å². The number of nitrogens with two attached hydrogens (primary N) is 1. The molecule has 0 bridgehead atoms. The van der Waals surface area contributed by atoms with Gasteiger partial charge >= 0.3 is 0 Å². The van der Waals surface area contributed by atoms with E-state index in [1.807, 2.05) is 13.8 Å². The van der Waals surface area contributed by atoms with Gasteiger partial charge in [-0.2, -0.15) is 0 Å². The normalized spacial score (nSPS) is 10.7. The first kappa shape index (κ1) is 12.3. The summed E-state index contributed by atoms with van der Waals surface area (Å²) in [5, 5.41) is 0. The molecule has 4 nitrogen and oxygen atoms in total. The summed E-state index contributed by atoms with van der Waals surface area (Å²) in [5.41, 5.74) is 6.13. The Morgan fingerprint density at radius 1 is 1.28 bits per heavy atom. The number of benzene rings is 1. The molecule has 1 aromatic heterocycles. The monoisotopic (exact) mass is 247 g/mol. The number of aromatic nitrogens is 2. The van der Waals surface area contributed by atoms with Crippen LogP contribution in [0.15, 0.2) is 30.5 Å². The molecule has 2 N–H and O–H groups in total. The predicted molar refractivity (Wildman–Crippen MR) is 67.6 cm³/mol. The molecular formula is C13H14FN3O. The maximum Gasteiger partial charge on any atom is 0.165 e. The van der Waals surface area contributed by atoms with Crippen LogP contribution in [0, 0.1) is 5.82 Å². The first-order valence-corrected chi connectivity index (χ1v) is 5.61. The molecule has 5 heteroatoms. The fourth-order valence-electron chi connectivity index (χ4n) is 1.50. The minimum absolute atomic E-state index is 0.0750. The van der Waals surface area contributed by atoms with Gasteiger partial charge in [-0.05, 0) is 38.1 Å². The van der Waals surface area contributed by atoms with E-state index in [0.29, 0.717) is 17.2 Å². The van der Waals surface area contributed by atoms with Crippen molar-refractivity contribution >= 4 is 5.82 Å². The fraction of sp³-hybridized carbons (Fsp3) is 0.231. The molecule has 0 saturated heterocycles. The van der Waals surface area contributed by atoms with E-state index in [4.69, 9.17) is 10.5 Å². The van der Waals surface area contributed by atoms with E-state index >= 15 is 0 Å². The molecule has 0 radical (unpaired) electrons. The number of nitrogens with zero attached hydrogens (tertiary/aromatic N) is 2. The van der Waals surface area contributed by atoms with E-state index in [1.165, 1.54) is 12.3 Å². The van der Waals surface area contributed by atoms with E-state index in [0.717, 1.165) is 0 Å². The van der Waals surface area contributed by atoms with E-state index in [1.54, 1.807) is 18.2 Å². The molecule has 0 aliphatic carbocycles. The second kappa shape index (κ2) is 5.00. The van der Waals surface area contributed by atoms with Gasteiger partial charge in [-0.15, -0.1) is 0 Å². The number of hydrogen-bond acceptors (Lipinski definition) is 4. The van der Waals surface area contributed by atoms with Crippen LogP contribution in [0.1, 0.15) is 13.8 Å². The molecule has 0 aliphatic heterocycles. The van der Waals surface area contributed by atoms with Crippen LogP contribution in [0.2, 0.25) is 0 Å². The number of halogens is 1. The van der Waals surface area contributed by atoms with Crippen molar-refractivity contribution in [2.24, 2.45) is 0 Å². The second-order valence-electron chi connectivity index (χ2n) is 4.12. The Balaban J connectivity index is 2.34. The third-order valence-electron chi connectivity index (χ3n) is 2.23. The van der Waals surface area contributed by atoms with Crippen molar-refractivity contribution in [2.75, 3.05) is 5.73 Å². The minimum Gasteiger partial charge on any atom is -0.488 e. The third kappa shape index (κ3) is 2.74. The molecule has 1 aromatic carbocycles. The molecule has 2 rings (SSSR count). The number of rotatable bonds is 3. The largest absolute Gasteiger partial charge is 0.488 e. The molecule has 0 fully saturated rings. The van der Waals surface area contributed by atoms with Gasteiger partial charge in [-0.3, -0.25) is 0 Å². The van der Waals surface area contributed by atoms with Crippen molar-refractivity contribution in [3.63, 3.8) is 0 Å². The smallest absolute Gasteiger partial charge is 0.165 e. The Kier molecular flexibility index (Phi) is 3.41. The average Bonchev–Trinajstić information content (AvgIpc) is 2.31. The summed E-state index contributed by atoms with van der Waals surface area (Å²) in [6.45, 7) is 3.68. The van der Waals surface area contributed by atoms with Crippen LogP contribution in [0.5, 0.6) is 5.75 Å². The van der Waals surface area contributed by atoms with Gasteiger partial charge in [0.25, 0.3) is 0 Å². The van der Waals surface area contributed by atoms with E-state index < -0.39 is 5.82 Å². The Bertz CT molecular complexity index is 558. The SMILES string of the molecule is CC(C)Oc1ccc(-c2nccc(N)n2)cc1F. The van der Waals surface area contributed by atoms with Crippen LogP contribution in [-0.2, 0) is 0 Å². The molecule has 0 amide bonds. The zero-order valence-corrected chi connectivity index (χ0v) is 10.2. The Hall–Kier alpha value is -2.17. The lowest BCUT2D eigenvalue weighted by Crippen LogP contribution is -2.07. The standard InChI is InChI=1S/C13H14FN3O/c1-8(2)18-11-4-3-9(7-10(11)14)13-16-6-5-12(15)17-13/h3-8H,1-2H3,(H2,15,16,17). The van der Waals surface area contributed by atoms with Gasteiger partial charge in [0.15, 0.2) is 17.4 Å². The first-order chi connectivity index (χ1) is 8.56. The van der Waals surface area contributed by atoms with Gasteiger partial charge in [0.05, 0.1) is 6.10 Å². The van der Waals surface area contributed by atoms with Gasteiger partial charge in [0.1, 0.15) is 5.82 Å². The summed E-state index contributed by atoms with van der Waals surface area (Å²) < 4.78 is 19.1. The van der Waals surface area contributed by atoms with Crippen LogP contribution in [0.25, 0.3) is 11.4 Å². The fourth-order valence-corrected chi connectivity index (χ4v) is 1.50. The lowest BCUT2D eigenvalue weighted by Gasteiger charge is -2.11. The molecule has 0 aliphatic rings. The molecule has 0 spiro atoms. The molecule has 18 heavy (non-hydrogen) atoms. The summed E-state index contributed by atoms with van der Waals surface area (Å²) in [7, 11) is 0. The van der Waals surface area contributed by atoms with Crippen molar-refractivity contribution in [1.82, 2.24) is 9.97 Å². The van der Waals surface area contributed by atoms with Crippen molar-refractivity contribution in [3.8, 4) is 17.1 Å². The van der Waals surface area contributed by atoms with Crippen molar-refractivity contribution < 1.29 is 9.13 Å². The van der Waals surface area contributed by atoms with E-state index in [2.05, 4.69) is 9.97 Å². The lowest BCUT2D eigenvalue weighted by molar-refractivity contribution is 0.231. The number of hydrogen-bond donors (Lipinski definition) is 1. The molecule has 94 valence electrons. The van der Waals surface area contributed by atoms with Crippen molar-refractivity contribution in [3.05, 3.63) is 36.3 Å². The van der Waals surface area contributed by atoms with Crippen LogP contribution >= 0.6 is 0 Å². The topological polar surface area (TPSA) is 61.0 Å². The van der Waals surface area contributed by atoms with Crippen molar-refractivity contribution in [1.29, 1.82) is 0 Å². The van der Waals surface area contributed by atoms with Gasteiger partial charge in [-0.1, -0.05) is 0 Å². The molecule has 0 atom stereocenters. The maximum absolute atomic E-state index is 13.8. The maximum atomic E-state index is 13.8. The van der Waals surface area contributed by atoms with Crippen LogP contribution in [-0.4, -0.2) is 16.1 Å². The van der Waals surface area contributed by atoms with Crippen LogP contribution in [0.3, 0.4) is 0 Å². The highest BCUT2D eigenvalue weighted by atomic mass is 19.1. The van der Waals surface area contributed by atoms with Gasteiger partial charge in [0.2, 0.25) is 0 Å². The molecule has 1 heterocycles.